The van der Waals surface area contributed by atoms with Crippen LogP contribution in [-0.2, 0) is 99.8 Å². The van der Waals surface area contributed by atoms with Gasteiger partial charge in [-0.2, -0.15) is 0 Å². The van der Waals surface area contributed by atoms with Gasteiger partial charge in [-0.3, -0.25) is 93.6 Å². The maximum atomic E-state index is 15.8. The second-order valence-corrected chi connectivity index (χ2v) is 32.6. The molecular weight excluding hydrogens is 1750 g/mol. The van der Waals surface area contributed by atoms with Crippen LogP contribution in [0.15, 0.2) is 160 Å². The number of phosphoric ester groups is 4. The van der Waals surface area contributed by atoms with Gasteiger partial charge in [0.1, 0.15) is 120 Å². The number of hydrogen-bond donors (Lipinski definition) is 12. The van der Waals surface area contributed by atoms with Crippen LogP contribution in [0, 0.1) is 49.4 Å². The first-order chi connectivity index (χ1) is 60.8. The first-order valence-electron chi connectivity index (χ1n) is 37.9. The van der Waals surface area contributed by atoms with Crippen LogP contribution in [0.5, 0.6) is 23.0 Å². The molecule has 4 aromatic carbocycles. The minimum absolute atomic E-state index is 0.00478. The minimum Gasteiger partial charge on any atom is -0.404 e. The van der Waals surface area contributed by atoms with Crippen molar-refractivity contribution in [2.45, 2.75) is 124 Å². The molecule has 44 nitrogen and oxygen atoms in total. The average molecular weight is 1820 g/mol. The van der Waals surface area contributed by atoms with Crippen molar-refractivity contribution in [2.24, 2.45) is 0 Å². The van der Waals surface area contributed by atoms with Crippen molar-refractivity contribution in [3.63, 3.8) is 0 Å². The molecule has 0 radical (unpaired) electrons. The first-order valence-corrected chi connectivity index (χ1v) is 40.7. The second-order valence-electron chi connectivity index (χ2n) is 26.4. The first kappa shape index (κ1) is 82.5. The number of alkyl halides is 4. The zero-order valence-corrected chi connectivity index (χ0v) is 65.5. The van der Waals surface area contributed by atoms with Crippen LogP contribution in [0.1, 0.15) is 77.6 Å². The Morgan fingerprint density at radius 2 is 0.629 bits per heavy atom. The maximum Gasteiger partial charge on any atom is 0.530 e. The lowest BCUT2D eigenvalue weighted by Gasteiger charge is -2.28. The summed E-state index contributed by atoms with van der Waals surface area (Å²) in [6.07, 6.45) is -5.81. The van der Waals surface area contributed by atoms with Crippen molar-refractivity contribution in [2.75, 3.05) is 26.3 Å². The Hall–Kier alpha value is -11.1. The Morgan fingerprint density at radius 3 is 0.952 bits per heavy atom. The summed E-state index contributed by atoms with van der Waals surface area (Å²) in [5.74, 6) is -6.10. The fraction of sp³-hybridized carbons (Fsp3) is 0.333. The monoisotopic (exact) mass is 1820 g/mol. The normalized spacial score (nSPS) is 34.3. The van der Waals surface area contributed by atoms with E-state index in [0.717, 1.165) is 12.4 Å². The third-order valence-corrected chi connectivity index (χ3v) is 23.2. The number of aromatic amines is 4. The molecule has 4 fully saturated rings. The molecule has 20 atom stereocenters. The number of rotatable bonds is 16. The summed E-state index contributed by atoms with van der Waals surface area (Å²) in [7, 11) is -18.2. The second kappa shape index (κ2) is 35.5. The largest absolute Gasteiger partial charge is 0.530 e. The van der Waals surface area contributed by atoms with Crippen molar-refractivity contribution in [3.8, 4) is 72.4 Å². The summed E-state index contributed by atoms with van der Waals surface area (Å²) in [4.78, 5) is 102. The maximum absolute atomic E-state index is 15.8. The number of aliphatic hydroxyl groups excluding tert-OH is 8. The third-order valence-electron chi connectivity index (χ3n) is 18.3. The Kier molecular flexibility index (Phi) is 23.6. The zero-order valence-electron chi connectivity index (χ0n) is 68.0. The van der Waals surface area contributed by atoms with E-state index in [1.165, 1.54) is 36.4 Å². The molecule has 4 unspecified atom stereocenters. The summed E-state index contributed by atoms with van der Waals surface area (Å²) in [6.45, 7) is -11.0. The van der Waals surface area contributed by atoms with Gasteiger partial charge < -0.3 is 77.9 Å². The Labute approximate surface area is 697 Å². The van der Waals surface area contributed by atoms with Crippen LogP contribution in [0.3, 0.4) is 0 Å². The summed E-state index contributed by atoms with van der Waals surface area (Å²) in [5.41, 5.74) is -8.22. The number of terminal acetylenes is 4. The zero-order chi connectivity index (χ0) is 95.0. The van der Waals surface area contributed by atoms with Gasteiger partial charge in [0.25, 0.3) is 45.7 Å². The Bertz CT molecular complexity index is 6750. The summed E-state index contributed by atoms with van der Waals surface area (Å²) in [5, 5.41) is 82.1. The van der Waals surface area contributed by atoms with Gasteiger partial charge in [-0.1, -0.05) is 96.5 Å². The van der Waals surface area contributed by atoms with E-state index in [0.29, 0.717) is 48.3 Å². The van der Waals surface area contributed by atoms with Crippen LogP contribution in [-0.4, -0.2) is 178 Å². The van der Waals surface area contributed by atoms with E-state index in [9.17, 15) is 97.5 Å². The van der Waals surface area contributed by atoms with E-state index in [-0.39, 0.29) is 65.1 Å². The summed E-state index contributed by atoms with van der Waals surface area (Å²) < 4.78 is 243. The van der Waals surface area contributed by atoms with Gasteiger partial charge in [0.15, 0.2) is 24.9 Å². The van der Waals surface area contributed by atoms with Gasteiger partial charge in [0, 0.05) is 47.0 Å². The molecule has 52 heteroatoms. The fourth-order valence-corrected chi connectivity index (χ4v) is 16.4. The highest BCUT2D eigenvalue weighted by Gasteiger charge is 2.62. The van der Waals surface area contributed by atoms with Crippen molar-refractivity contribution < 1.29 is 158 Å². The van der Waals surface area contributed by atoms with E-state index in [4.69, 9.17) is 103 Å². The molecule has 0 bridgehead atoms. The number of fused-ring (bicyclic) bond motifs is 4. The third kappa shape index (κ3) is 18.5. The molecule has 12 N–H and O–H groups in total. The topological polar surface area (TPSA) is 597 Å². The van der Waals surface area contributed by atoms with E-state index >= 15 is 17.6 Å². The number of halogens is 4. The van der Waals surface area contributed by atoms with Crippen LogP contribution in [0.2, 0.25) is 0 Å². The van der Waals surface area contributed by atoms with Gasteiger partial charge in [0.2, 0.25) is 0 Å². The lowest BCUT2D eigenvalue weighted by atomic mass is 10.1. The minimum atomic E-state index is -4.84. The molecular formula is C72H64F4N8O36P4. The van der Waals surface area contributed by atoms with Gasteiger partial charge in [0.05, 0.1) is 34.7 Å². The van der Waals surface area contributed by atoms with Gasteiger partial charge >= 0.3 is 54.0 Å². The molecule has 4 aromatic heterocycles. The highest BCUT2D eigenvalue weighted by molar-refractivity contribution is 7.49. The lowest BCUT2D eigenvalue weighted by Crippen LogP contribution is -2.43. The average Bonchev–Trinajstić information content (AvgIpc) is 1.55. The number of ether oxygens (including phenoxy) is 4. The quantitative estimate of drug-likeness (QED) is 0.0359. The van der Waals surface area contributed by atoms with Crippen LogP contribution in [0.4, 0.5) is 17.6 Å². The molecule has 0 aliphatic carbocycles. The van der Waals surface area contributed by atoms with E-state index < -0.39 is 211 Å². The molecule has 0 amide bonds. The highest BCUT2D eigenvalue weighted by Crippen LogP contribution is 2.60. The number of para-hydroxylation sites is 4. The number of nitrogens with zero attached hydrogens (tertiary/aromatic N) is 4. The van der Waals surface area contributed by atoms with Crippen molar-refractivity contribution in [1.29, 1.82) is 0 Å². The van der Waals surface area contributed by atoms with Crippen LogP contribution in [0.25, 0.3) is 0 Å². The number of hydrogen-bond acceptors (Lipinski definition) is 36. The molecule has 4 saturated heterocycles. The number of H-pyrrole nitrogens is 4. The SMILES string of the molecule is C#Cc1cn([C@@H]2O[C@](F)(COP3(=O)OCc4ccccc4O3)[C@@H](O)[C@H]2O)c(=O)[nH]c1=O.[2H]C([2H])(OP1(=O)OCc2ccccc2O1)[C@@]1(F)O[C@@H](n2cc(C#C)c(=O)[nH]c2=O)[C@H](O)[C@@H]1O.[2H]C([2H])(OP1(=O)OCc2ccccc2O1)[C@@]1(F)O[C@@]([2H])(n2cc(C#C)c(=O)[nH]c2=O)[C@H](O)[C@@H]1O.[2H][C@@]1(n2cc(C#C)c(=O)[nH]c2=O)O[C@](F)(COP2(=O)OCc3ccccc3O2)[C@@H](O)[C@H]1O. The number of phosphoric acid groups is 4. The van der Waals surface area contributed by atoms with Crippen molar-refractivity contribution in [1.82, 2.24) is 38.2 Å². The van der Waals surface area contributed by atoms with E-state index in [2.05, 4.69) is 4.52 Å². The molecule has 656 valence electrons. The Morgan fingerprint density at radius 1 is 0.387 bits per heavy atom. The van der Waals surface area contributed by atoms with Gasteiger partial charge in [-0.05, 0) is 24.3 Å². The van der Waals surface area contributed by atoms with Gasteiger partial charge in [-0.15, -0.1) is 25.7 Å². The predicted octanol–water partition coefficient (Wildman–Crippen LogP) is 0.673. The fourth-order valence-electron chi connectivity index (χ4n) is 11.8. The number of nitrogens with one attached hydrogen (secondary N) is 4. The van der Waals surface area contributed by atoms with E-state index in [1.807, 2.05) is 33.6 Å². The molecule has 8 aliphatic heterocycles. The number of benzene rings is 4. The summed E-state index contributed by atoms with van der Waals surface area (Å²) >= 11 is 0. The van der Waals surface area contributed by atoms with Gasteiger partial charge in [-0.25, -0.2) is 55.0 Å². The Balaban J connectivity index is 0.000000148. The molecule has 8 aromatic rings. The highest BCUT2D eigenvalue weighted by atomic mass is 31.2. The van der Waals surface area contributed by atoms with Crippen LogP contribution < -0.4 is 63.1 Å². The van der Waals surface area contributed by atoms with E-state index in [1.54, 1.807) is 70.6 Å². The van der Waals surface area contributed by atoms with Crippen LogP contribution >= 0.6 is 31.3 Å². The molecule has 0 spiro atoms. The number of aliphatic hydroxyl groups is 8. The lowest BCUT2D eigenvalue weighted by molar-refractivity contribution is -0.205. The molecule has 124 heavy (non-hydrogen) atoms. The smallest absolute Gasteiger partial charge is 0.404 e. The molecule has 8 aliphatic rings. The molecule has 16 rings (SSSR count). The summed E-state index contributed by atoms with van der Waals surface area (Å²) in [6, 6.07) is 25.2. The number of aromatic nitrogens is 8. The molecule has 12 heterocycles. The van der Waals surface area contributed by atoms with Crippen molar-refractivity contribution in [3.05, 3.63) is 250 Å². The predicted molar refractivity (Wildman–Crippen MR) is 403 cm³/mol. The van der Waals surface area contributed by atoms with Crippen molar-refractivity contribution >= 4 is 31.3 Å². The molecule has 0 saturated carbocycles. The standard InChI is InChI=1S/4C18H16FN2O9P/c4*1-2-10-7-21(17(25)20-15(10)24)16-13(22)14(23)18(19,29-16)9-28-31(26)27-8-11-5-3-4-6-12(11)30-31/h4*1,3-7,13-14,16,22-23H,8-9H2,(H,20,24,25)/t4*13-,14+,16-,18-,31?/m1111/s1/i9D2,16D;16D;9D2;.